The Labute approximate surface area is 123 Å². The van der Waals surface area contributed by atoms with E-state index in [9.17, 15) is 9.59 Å². The molecule has 20 heavy (non-hydrogen) atoms. The molecule has 0 radical (unpaired) electrons. The van der Waals surface area contributed by atoms with Gasteiger partial charge in [-0.2, -0.15) is 0 Å². The van der Waals surface area contributed by atoms with Gasteiger partial charge in [-0.3, -0.25) is 14.9 Å². The van der Waals surface area contributed by atoms with Crippen LogP contribution < -0.4 is 5.32 Å². The third-order valence-electron chi connectivity index (χ3n) is 4.24. The highest BCUT2D eigenvalue weighted by Gasteiger charge is 2.31. The Morgan fingerprint density at radius 2 is 1.75 bits per heavy atom. The van der Waals surface area contributed by atoms with Crippen molar-refractivity contribution in [1.29, 1.82) is 0 Å². The summed E-state index contributed by atoms with van der Waals surface area (Å²) < 4.78 is 0. The van der Waals surface area contributed by atoms with Crippen molar-refractivity contribution in [2.75, 3.05) is 0 Å². The van der Waals surface area contributed by atoms with Gasteiger partial charge in [0.15, 0.2) is 0 Å². The van der Waals surface area contributed by atoms with Crippen LogP contribution in [0.1, 0.15) is 49.1 Å². The highest BCUT2D eigenvalue weighted by Crippen LogP contribution is 2.33. The second kappa shape index (κ2) is 6.00. The minimum atomic E-state index is -0.261. The molecular formula is C16H19NO2S. The summed E-state index contributed by atoms with van der Waals surface area (Å²) in [6, 6.07) is 8.62. The van der Waals surface area contributed by atoms with Crippen LogP contribution in [0.5, 0.6) is 0 Å². The summed E-state index contributed by atoms with van der Waals surface area (Å²) in [4.78, 5) is 22.7. The molecule has 1 aliphatic carbocycles. The molecule has 1 atom stereocenters. The van der Waals surface area contributed by atoms with Gasteiger partial charge in [0.1, 0.15) is 0 Å². The van der Waals surface area contributed by atoms with Gasteiger partial charge in [0.05, 0.1) is 5.25 Å². The van der Waals surface area contributed by atoms with Gasteiger partial charge in [-0.15, -0.1) is 0 Å². The molecular weight excluding hydrogens is 270 g/mol. The van der Waals surface area contributed by atoms with Crippen LogP contribution in [0.4, 0.5) is 4.79 Å². The molecule has 2 aliphatic rings. The third-order valence-corrected chi connectivity index (χ3v) is 5.23. The fourth-order valence-corrected chi connectivity index (χ4v) is 3.96. The van der Waals surface area contributed by atoms with E-state index in [1.54, 1.807) is 0 Å². The molecule has 2 fully saturated rings. The topological polar surface area (TPSA) is 46.2 Å². The van der Waals surface area contributed by atoms with Crippen LogP contribution >= 0.6 is 11.8 Å². The minimum absolute atomic E-state index is 0.156. The van der Waals surface area contributed by atoms with Crippen LogP contribution in [0, 0.1) is 0 Å². The summed E-state index contributed by atoms with van der Waals surface area (Å²) in [5.41, 5.74) is 2.56. The first kappa shape index (κ1) is 13.7. The zero-order chi connectivity index (χ0) is 13.9. The second-order valence-corrected chi connectivity index (χ2v) is 6.84. The molecule has 0 aromatic heterocycles. The molecule has 1 saturated carbocycles. The fourth-order valence-electron chi connectivity index (χ4n) is 3.10. The summed E-state index contributed by atoms with van der Waals surface area (Å²) >= 11 is 1.10. The van der Waals surface area contributed by atoms with Crippen molar-refractivity contribution >= 4 is 22.9 Å². The van der Waals surface area contributed by atoms with Gasteiger partial charge in [-0.05, 0) is 36.3 Å². The van der Waals surface area contributed by atoms with E-state index in [0.717, 1.165) is 17.3 Å². The van der Waals surface area contributed by atoms with Gasteiger partial charge >= 0.3 is 0 Å². The van der Waals surface area contributed by atoms with Crippen LogP contribution in [-0.2, 0) is 11.2 Å². The molecule has 1 aliphatic heterocycles. The zero-order valence-corrected chi connectivity index (χ0v) is 12.2. The predicted molar refractivity (Wildman–Crippen MR) is 80.9 cm³/mol. The van der Waals surface area contributed by atoms with Crippen molar-refractivity contribution < 1.29 is 9.59 Å². The van der Waals surface area contributed by atoms with Gasteiger partial charge in [0.25, 0.3) is 5.24 Å². The lowest BCUT2D eigenvalue weighted by atomic mass is 9.84. The summed E-state index contributed by atoms with van der Waals surface area (Å²) in [5, 5.41) is 1.85. The number of benzene rings is 1. The van der Waals surface area contributed by atoms with Crippen LogP contribution in [0.25, 0.3) is 0 Å². The molecule has 1 aromatic rings. The molecule has 1 heterocycles. The number of rotatable bonds is 3. The number of hydrogen-bond acceptors (Lipinski definition) is 3. The fraction of sp³-hybridized carbons (Fsp3) is 0.500. The Kier molecular flexibility index (Phi) is 4.10. The summed E-state index contributed by atoms with van der Waals surface area (Å²) in [6.07, 6.45) is 7.29. The van der Waals surface area contributed by atoms with Crippen LogP contribution in [-0.4, -0.2) is 16.4 Å². The molecule has 1 aromatic carbocycles. The lowest BCUT2D eigenvalue weighted by Crippen LogP contribution is -2.25. The Hall–Kier alpha value is -1.29. The molecule has 1 saturated heterocycles. The minimum Gasteiger partial charge on any atom is -0.286 e. The van der Waals surface area contributed by atoms with E-state index >= 15 is 0 Å². The molecule has 0 bridgehead atoms. The summed E-state index contributed by atoms with van der Waals surface area (Å²) in [6.45, 7) is 0. The van der Waals surface area contributed by atoms with Crippen molar-refractivity contribution in [3.8, 4) is 0 Å². The maximum atomic E-state index is 11.6. The van der Waals surface area contributed by atoms with E-state index in [-0.39, 0.29) is 16.4 Å². The third kappa shape index (κ3) is 3.06. The number of carbonyl (C=O) groups excluding carboxylic acids is 2. The average Bonchev–Trinajstić information content (AvgIpc) is 2.79. The van der Waals surface area contributed by atoms with Gasteiger partial charge in [-0.1, -0.05) is 55.3 Å². The Bertz CT molecular complexity index is 506. The molecule has 2 amide bonds. The predicted octanol–water partition coefficient (Wildman–Crippen LogP) is 3.63. The van der Waals surface area contributed by atoms with Gasteiger partial charge < -0.3 is 0 Å². The van der Waals surface area contributed by atoms with Crippen molar-refractivity contribution in [2.24, 2.45) is 0 Å². The normalized spacial score (nSPS) is 23.9. The van der Waals surface area contributed by atoms with E-state index in [1.807, 2.05) is 0 Å². The molecule has 4 heteroatoms. The van der Waals surface area contributed by atoms with Crippen molar-refractivity contribution in [3.63, 3.8) is 0 Å². The number of nitrogens with one attached hydrogen (secondary N) is 1. The number of imide groups is 1. The number of carbonyl (C=O) groups is 2. The molecule has 106 valence electrons. The van der Waals surface area contributed by atoms with Crippen molar-refractivity contribution in [3.05, 3.63) is 35.4 Å². The lowest BCUT2D eigenvalue weighted by Gasteiger charge is -2.22. The van der Waals surface area contributed by atoms with E-state index in [4.69, 9.17) is 0 Å². The van der Waals surface area contributed by atoms with E-state index in [1.165, 1.54) is 37.7 Å². The Morgan fingerprint density at radius 3 is 2.35 bits per heavy atom. The maximum absolute atomic E-state index is 11.6. The highest BCUT2D eigenvalue weighted by atomic mass is 32.2. The van der Waals surface area contributed by atoms with Crippen molar-refractivity contribution in [1.82, 2.24) is 5.32 Å². The molecule has 3 nitrogen and oxygen atoms in total. The van der Waals surface area contributed by atoms with Gasteiger partial charge in [0.2, 0.25) is 5.91 Å². The number of thioether (sulfide) groups is 1. The molecule has 3 rings (SSSR count). The first-order valence-electron chi connectivity index (χ1n) is 7.33. The number of amides is 2. The monoisotopic (exact) mass is 289 g/mol. The second-order valence-electron chi connectivity index (χ2n) is 5.66. The number of hydrogen-bond donors (Lipinski definition) is 1. The Morgan fingerprint density at radius 1 is 1.05 bits per heavy atom. The van der Waals surface area contributed by atoms with E-state index in [0.29, 0.717) is 12.3 Å². The first-order chi connectivity index (χ1) is 9.72. The van der Waals surface area contributed by atoms with Crippen LogP contribution in [0.3, 0.4) is 0 Å². The first-order valence-corrected chi connectivity index (χ1v) is 8.20. The lowest BCUT2D eigenvalue weighted by molar-refractivity contribution is -0.118. The molecule has 1 unspecified atom stereocenters. The van der Waals surface area contributed by atoms with E-state index in [2.05, 4.69) is 29.6 Å². The highest BCUT2D eigenvalue weighted by molar-refractivity contribution is 8.15. The van der Waals surface area contributed by atoms with Gasteiger partial charge in [0, 0.05) is 0 Å². The zero-order valence-electron chi connectivity index (χ0n) is 11.4. The standard InChI is InChI=1S/C16H19NO2S/c18-15-14(20-16(19)17-15)10-11-6-8-13(9-7-11)12-4-2-1-3-5-12/h6-9,12,14H,1-5,10H2,(H,17,18,19). The molecule has 0 spiro atoms. The quantitative estimate of drug-likeness (QED) is 0.924. The molecule has 1 N–H and O–H groups in total. The largest absolute Gasteiger partial charge is 0.286 e. The SMILES string of the molecule is O=C1NC(=O)C(Cc2ccc(C3CCCCC3)cc2)S1. The van der Waals surface area contributed by atoms with Crippen LogP contribution in [0.2, 0.25) is 0 Å². The summed E-state index contributed by atoms with van der Waals surface area (Å²) in [7, 11) is 0. The maximum Gasteiger partial charge on any atom is 0.286 e. The van der Waals surface area contributed by atoms with Crippen LogP contribution in [0.15, 0.2) is 24.3 Å². The van der Waals surface area contributed by atoms with Crippen molar-refractivity contribution in [2.45, 2.75) is 49.7 Å². The van der Waals surface area contributed by atoms with E-state index < -0.39 is 0 Å². The Balaban J connectivity index is 1.64. The smallest absolute Gasteiger partial charge is 0.286 e. The summed E-state index contributed by atoms with van der Waals surface area (Å²) in [5.74, 6) is 0.555. The van der Waals surface area contributed by atoms with Gasteiger partial charge in [-0.25, -0.2) is 0 Å². The average molecular weight is 289 g/mol.